The molecular weight excluding hydrogens is 342 g/mol. The van der Waals surface area contributed by atoms with Gasteiger partial charge in [-0.25, -0.2) is 4.98 Å². The number of carbonyl (C=O) groups is 1. The van der Waals surface area contributed by atoms with Crippen LogP contribution in [-0.4, -0.2) is 42.5 Å². The molecule has 1 fully saturated rings. The van der Waals surface area contributed by atoms with Crippen molar-refractivity contribution in [3.63, 3.8) is 0 Å². The van der Waals surface area contributed by atoms with E-state index in [4.69, 9.17) is 4.98 Å². The van der Waals surface area contributed by atoms with Crippen molar-refractivity contribution in [3.8, 4) is 0 Å². The number of aromatic nitrogens is 1. The quantitative estimate of drug-likeness (QED) is 0.795. The normalized spacial score (nSPS) is 16.3. The van der Waals surface area contributed by atoms with Crippen molar-refractivity contribution in [1.82, 2.24) is 15.2 Å². The number of hydrogen-bond acceptors (Lipinski definition) is 4. The second kappa shape index (κ2) is 8.49. The minimum Gasteiger partial charge on any atom is -0.342 e. The van der Waals surface area contributed by atoms with Crippen molar-refractivity contribution >= 4 is 27.5 Å². The summed E-state index contributed by atoms with van der Waals surface area (Å²) in [6, 6.07) is 8.25. The van der Waals surface area contributed by atoms with Gasteiger partial charge in [-0.2, -0.15) is 0 Å². The lowest BCUT2D eigenvalue weighted by Gasteiger charge is -2.39. The van der Waals surface area contributed by atoms with E-state index in [-0.39, 0.29) is 5.41 Å². The molecule has 0 radical (unpaired) electrons. The molecule has 2 aromatic rings. The second-order valence-electron chi connectivity index (χ2n) is 7.53. The maximum atomic E-state index is 13.5. The Kier molecular flexibility index (Phi) is 6.30. The van der Waals surface area contributed by atoms with Gasteiger partial charge in [-0.3, -0.25) is 4.79 Å². The van der Waals surface area contributed by atoms with Gasteiger partial charge in [-0.1, -0.05) is 26.0 Å². The number of thiazole rings is 1. The molecule has 0 atom stereocenters. The van der Waals surface area contributed by atoms with Gasteiger partial charge in [0.2, 0.25) is 5.91 Å². The lowest BCUT2D eigenvalue weighted by molar-refractivity contribution is -0.144. The zero-order chi connectivity index (χ0) is 18.6. The number of fused-ring (bicyclic) bond motifs is 1. The number of para-hydroxylation sites is 1. The largest absolute Gasteiger partial charge is 0.342 e. The number of nitrogens with one attached hydrogen (secondary N) is 1. The Bertz CT molecular complexity index is 697. The van der Waals surface area contributed by atoms with Crippen LogP contribution in [0.25, 0.3) is 10.2 Å². The summed E-state index contributed by atoms with van der Waals surface area (Å²) in [7, 11) is 2.01. The van der Waals surface area contributed by atoms with Crippen molar-refractivity contribution in [2.45, 2.75) is 46.0 Å². The molecule has 1 aromatic heterocycles. The van der Waals surface area contributed by atoms with Gasteiger partial charge >= 0.3 is 0 Å². The minimum atomic E-state index is -0.316. The first-order chi connectivity index (χ1) is 12.6. The van der Waals surface area contributed by atoms with Crippen LogP contribution in [0.2, 0.25) is 0 Å². The highest BCUT2D eigenvalue weighted by Crippen LogP contribution is 2.36. The van der Waals surface area contributed by atoms with E-state index < -0.39 is 0 Å². The summed E-state index contributed by atoms with van der Waals surface area (Å²) < 4.78 is 1.21. The van der Waals surface area contributed by atoms with Gasteiger partial charge in [0.1, 0.15) is 0 Å². The zero-order valence-electron chi connectivity index (χ0n) is 16.3. The second-order valence-corrected chi connectivity index (χ2v) is 8.65. The van der Waals surface area contributed by atoms with Crippen molar-refractivity contribution in [1.29, 1.82) is 0 Å². The molecule has 5 heteroatoms. The predicted octanol–water partition coefficient (Wildman–Crippen LogP) is 4.10. The van der Waals surface area contributed by atoms with Crippen molar-refractivity contribution in [2.75, 3.05) is 26.7 Å². The first-order valence-corrected chi connectivity index (χ1v) is 10.7. The lowest BCUT2D eigenvalue weighted by atomic mass is 9.77. The molecule has 0 aliphatic carbocycles. The average molecular weight is 374 g/mol. The molecule has 1 amide bonds. The Morgan fingerprint density at radius 3 is 2.58 bits per heavy atom. The van der Waals surface area contributed by atoms with Gasteiger partial charge in [-0.15, -0.1) is 11.3 Å². The van der Waals surface area contributed by atoms with E-state index >= 15 is 0 Å². The fourth-order valence-electron chi connectivity index (χ4n) is 4.13. The third-order valence-electron chi connectivity index (χ3n) is 6.03. The fraction of sp³-hybridized carbons (Fsp3) is 0.619. The van der Waals surface area contributed by atoms with Gasteiger partial charge in [0, 0.05) is 19.5 Å². The van der Waals surface area contributed by atoms with E-state index in [1.54, 1.807) is 11.3 Å². The summed E-state index contributed by atoms with van der Waals surface area (Å²) in [4.78, 5) is 20.4. The SMILES string of the molecule is CCC(CC)(Cc1nc2ccccc2s1)C(=O)N1CCC(CNC)CC1. The van der Waals surface area contributed by atoms with Crippen LogP contribution in [0.4, 0.5) is 0 Å². The van der Waals surface area contributed by atoms with Crippen molar-refractivity contribution in [2.24, 2.45) is 11.3 Å². The van der Waals surface area contributed by atoms with Gasteiger partial charge in [0.15, 0.2) is 0 Å². The van der Waals surface area contributed by atoms with Crippen molar-refractivity contribution in [3.05, 3.63) is 29.3 Å². The average Bonchev–Trinajstić information content (AvgIpc) is 3.09. The molecule has 2 heterocycles. The highest BCUT2D eigenvalue weighted by Gasteiger charge is 2.40. The van der Waals surface area contributed by atoms with E-state index in [0.29, 0.717) is 11.8 Å². The highest BCUT2D eigenvalue weighted by molar-refractivity contribution is 7.18. The summed E-state index contributed by atoms with van der Waals surface area (Å²) in [6.07, 6.45) is 4.71. The van der Waals surface area contributed by atoms with Crippen LogP contribution in [0.1, 0.15) is 44.5 Å². The molecule has 142 valence electrons. The molecule has 0 bridgehead atoms. The van der Waals surface area contributed by atoms with E-state index in [0.717, 1.165) is 62.3 Å². The smallest absolute Gasteiger partial charge is 0.229 e. The molecule has 1 aliphatic rings. The predicted molar refractivity (Wildman–Crippen MR) is 110 cm³/mol. The molecule has 3 rings (SSSR count). The zero-order valence-corrected chi connectivity index (χ0v) is 17.1. The standard InChI is InChI=1S/C21H31N3OS/c1-4-21(5-2,14-19-23-17-8-6-7-9-18(17)26-19)20(25)24-12-10-16(11-13-24)15-22-3/h6-9,16,22H,4-5,10-15H2,1-3H3. The van der Waals surface area contributed by atoms with Crippen molar-refractivity contribution < 1.29 is 4.79 Å². The monoisotopic (exact) mass is 373 g/mol. The number of rotatable bonds is 7. The maximum absolute atomic E-state index is 13.5. The Labute approximate surface area is 161 Å². The summed E-state index contributed by atoms with van der Waals surface area (Å²) in [5.74, 6) is 1.04. The minimum absolute atomic E-state index is 0.316. The molecular formula is C21H31N3OS. The number of benzene rings is 1. The number of amides is 1. The molecule has 4 nitrogen and oxygen atoms in total. The van der Waals surface area contributed by atoms with Crippen LogP contribution >= 0.6 is 11.3 Å². The maximum Gasteiger partial charge on any atom is 0.229 e. The molecule has 0 saturated carbocycles. The molecule has 1 saturated heterocycles. The molecule has 0 spiro atoms. The lowest BCUT2D eigenvalue weighted by Crippen LogP contribution is -2.48. The summed E-state index contributed by atoms with van der Waals surface area (Å²) in [5.41, 5.74) is 0.734. The van der Waals surface area contributed by atoms with E-state index in [9.17, 15) is 4.79 Å². The summed E-state index contributed by atoms with van der Waals surface area (Å²) >= 11 is 1.74. The van der Waals surface area contributed by atoms with Crippen LogP contribution in [0.5, 0.6) is 0 Å². The third-order valence-corrected chi connectivity index (χ3v) is 7.07. The molecule has 1 aliphatic heterocycles. The molecule has 1 aromatic carbocycles. The van der Waals surface area contributed by atoms with Crippen LogP contribution in [0, 0.1) is 11.3 Å². The van der Waals surface area contributed by atoms with E-state index in [1.165, 1.54) is 4.70 Å². The number of piperidine rings is 1. The van der Waals surface area contributed by atoms with Gasteiger partial charge in [0.25, 0.3) is 0 Å². The summed E-state index contributed by atoms with van der Waals surface area (Å²) in [6.45, 7) is 7.16. The first kappa shape index (κ1) is 19.3. The van der Waals surface area contributed by atoms with Crippen LogP contribution in [0.15, 0.2) is 24.3 Å². The summed E-state index contributed by atoms with van der Waals surface area (Å²) in [5, 5.41) is 4.36. The van der Waals surface area contributed by atoms with Gasteiger partial charge in [0.05, 0.1) is 20.6 Å². The number of carbonyl (C=O) groups excluding carboxylic acids is 1. The number of nitrogens with zero attached hydrogens (tertiary/aromatic N) is 2. The van der Waals surface area contributed by atoms with Gasteiger partial charge < -0.3 is 10.2 Å². The topological polar surface area (TPSA) is 45.2 Å². The molecule has 0 unspecified atom stereocenters. The first-order valence-electron chi connectivity index (χ1n) is 9.90. The Morgan fingerprint density at radius 2 is 1.96 bits per heavy atom. The molecule has 1 N–H and O–H groups in total. The van der Waals surface area contributed by atoms with E-state index in [1.807, 2.05) is 13.1 Å². The highest BCUT2D eigenvalue weighted by atomic mass is 32.1. The Balaban J connectivity index is 1.75. The Hall–Kier alpha value is -1.46. The van der Waals surface area contributed by atoms with Crippen LogP contribution < -0.4 is 5.32 Å². The fourth-order valence-corrected chi connectivity index (χ4v) is 5.24. The van der Waals surface area contributed by atoms with Crippen LogP contribution in [-0.2, 0) is 11.2 Å². The Morgan fingerprint density at radius 1 is 1.27 bits per heavy atom. The third kappa shape index (κ3) is 3.94. The molecule has 26 heavy (non-hydrogen) atoms. The van der Waals surface area contributed by atoms with E-state index in [2.05, 4.69) is 42.3 Å². The van der Waals surface area contributed by atoms with Gasteiger partial charge in [-0.05, 0) is 57.3 Å². The van der Waals surface area contributed by atoms with Crippen LogP contribution in [0.3, 0.4) is 0 Å². The number of likely N-dealkylation sites (tertiary alicyclic amines) is 1. The number of hydrogen-bond donors (Lipinski definition) is 1.